The van der Waals surface area contributed by atoms with Crippen LogP contribution in [0.4, 0.5) is 0 Å². The molecule has 20 heteroatoms. The van der Waals surface area contributed by atoms with Crippen molar-refractivity contribution in [1.82, 2.24) is 35.7 Å². The van der Waals surface area contributed by atoms with Gasteiger partial charge in [-0.15, -0.1) is 16.9 Å². The minimum atomic E-state index is -1.80. The van der Waals surface area contributed by atoms with Crippen LogP contribution in [0.2, 0.25) is 0 Å². The van der Waals surface area contributed by atoms with Crippen molar-refractivity contribution in [2.45, 2.75) is 54.4 Å². The van der Waals surface area contributed by atoms with E-state index in [1.165, 1.54) is 35.3 Å². The van der Waals surface area contributed by atoms with Gasteiger partial charge in [0.15, 0.2) is 11.7 Å². The number of hydrogen-bond acceptors (Lipinski definition) is 13. The van der Waals surface area contributed by atoms with Gasteiger partial charge in [0.25, 0.3) is 17.5 Å². The molecule has 0 aromatic carbocycles. The fourth-order valence-electron chi connectivity index (χ4n) is 4.92. The molecule has 1 aromatic rings. The molecule has 4 heterocycles. The second kappa shape index (κ2) is 13.6. The Morgan fingerprint density at radius 2 is 2.02 bits per heavy atom. The zero-order valence-electron chi connectivity index (χ0n) is 23.8. The first kappa shape index (κ1) is 32.7. The number of rotatable bonds is 15. The second-order valence-corrected chi connectivity index (χ2v) is 12.0. The Morgan fingerprint density at radius 3 is 2.66 bits per heavy atom. The predicted molar refractivity (Wildman–Crippen MR) is 156 cm³/mol. The van der Waals surface area contributed by atoms with E-state index >= 15 is 0 Å². The van der Waals surface area contributed by atoms with Gasteiger partial charge in [-0.1, -0.05) is 11.8 Å². The number of nitrogens with zero attached hydrogens (tertiary/aromatic N) is 6. The summed E-state index contributed by atoms with van der Waals surface area (Å²) >= 11 is 2.46. The van der Waals surface area contributed by atoms with Gasteiger partial charge in [-0.25, -0.2) is 9.48 Å². The van der Waals surface area contributed by atoms with Crippen molar-refractivity contribution in [2.24, 2.45) is 23.5 Å². The van der Waals surface area contributed by atoms with Gasteiger partial charge >= 0.3 is 5.97 Å². The van der Waals surface area contributed by atoms with Crippen molar-refractivity contribution >= 4 is 59.0 Å². The number of carbonyl (C=O) groups is 5. The number of nitrogens with one attached hydrogen (secondary N) is 2. The number of aliphatic carboxylic acids is 1. The van der Waals surface area contributed by atoms with Gasteiger partial charge in [0, 0.05) is 45.0 Å². The number of nitrogens with two attached hydrogens (primary N) is 2. The number of hydrogen-bond donors (Lipinski definition) is 6. The number of ketones is 1. The van der Waals surface area contributed by atoms with E-state index in [4.69, 9.17) is 16.2 Å². The van der Waals surface area contributed by atoms with Crippen molar-refractivity contribution in [3.8, 4) is 0 Å². The largest absolute Gasteiger partial charge is 0.509 e. The summed E-state index contributed by atoms with van der Waals surface area (Å²) in [6.45, 7) is 0.291. The number of guanidine groups is 1. The number of carboxylic acid groups (broad SMARTS) is 1. The molecule has 1 saturated heterocycles. The molecule has 18 nitrogen and oxygen atoms in total. The summed E-state index contributed by atoms with van der Waals surface area (Å²) in [6.07, 6.45) is 0.365. The lowest BCUT2D eigenvalue weighted by Gasteiger charge is -2.55. The number of aryl methyl sites for hydroxylation is 1. The molecular formula is C24H32N10O8S2. The smallest absolute Gasteiger partial charge is 0.352 e. The molecule has 1 aromatic heterocycles. The summed E-state index contributed by atoms with van der Waals surface area (Å²) in [5.41, 5.74) is 8.69. The third kappa shape index (κ3) is 6.50. The van der Waals surface area contributed by atoms with E-state index < -0.39 is 46.6 Å². The minimum absolute atomic E-state index is 0.0119. The van der Waals surface area contributed by atoms with Crippen molar-refractivity contribution < 1.29 is 38.9 Å². The molecule has 3 aliphatic heterocycles. The maximum Gasteiger partial charge on any atom is 0.352 e. The standard InChI is InChI=1S/C24H32N10O8S2/c1-33-23(30-31-32-33)44-10-11-9-43-21-24(42-2,20(41)34(21)16(11)19(39)40)29-14(36)7-3-6-13(35)15-17(37)12(28-18(15)38)5-4-8-27-22(25)26/h12,21,37H,3-10H2,1-2H3,(H,28,38)(H,29,36)(H,39,40)(H4,25,26,27)/t12-,21-,24+/m1/s1. The van der Waals surface area contributed by atoms with Crippen LogP contribution < -0.4 is 22.1 Å². The summed E-state index contributed by atoms with van der Waals surface area (Å²) in [6, 6.07) is -0.742. The molecule has 0 unspecified atom stereocenters. The molecule has 0 aliphatic carbocycles. The van der Waals surface area contributed by atoms with Gasteiger partial charge in [-0.3, -0.25) is 29.1 Å². The lowest BCUT2D eigenvalue weighted by atomic mass is 9.97. The van der Waals surface area contributed by atoms with Crippen LogP contribution in [-0.2, 0) is 35.8 Å². The van der Waals surface area contributed by atoms with Crippen LogP contribution in [0.25, 0.3) is 0 Å². The van der Waals surface area contributed by atoms with Crippen molar-refractivity contribution in [3.05, 3.63) is 22.6 Å². The number of amides is 3. The van der Waals surface area contributed by atoms with Gasteiger partial charge in [0.1, 0.15) is 22.4 Å². The lowest BCUT2D eigenvalue weighted by Crippen LogP contribution is -2.80. The number of Topliss-reactive ketones (excluding diaryl/α,β-unsaturated/α-hetero) is 1. The first-order chi connectivity index (χ1) is 20.9. The number of thioether (sulfide) groups is 2. The number of methoxy groups -OCH3 is 1. The highest BCUT2D eigenvalue weighted by Crippen LogP contribution is 2.47. The molecule has 0 bridgehead atoms. The van der Waals surface area contributed by atoms with Gasteiger partial charge in [0.2, 0.25) is 11.1 Å². The summed E-state index contributed by atoms with van der Waals surface area (Å²) in [7, 11) is 2.88. The molecule has 8 N–H and O–H groups in total. The average Bonchev–Trinajstić information content (AvgIpc) is 3.52. The Labute approximate surface area is 259 Å². The van der Waals surface area contributed by atoms with Gasteiger partial charge < -0.3 is 37.1 Å². The molecular weight excluding hydrogens is 620 g/mol. The van der Waals surface area contributed by atoms with E-state index in [2.05, 4.69) is 31.2 Å². The fraction of sp³-hybridized carbons (Fsp3) is 0.542. The first-order valence-corrected chi connectivity index (χ1v) is 15.4. The summed E-state index contributed by atoms with van der Waals surface area (Å²) in [5.74, 6) is -3.96. The summed E-state index contributed by atoms with van der Waals surface area (Å²) < 4.78 is 6.89. The highest BCUT2D eigenvalue weighted by atomic mass is 32.2. The van der Waals surface area contributed by atoms with Crippen LogP contribution in [0.1, 0.15) is 32.1 Å². The third-order valence-electron chi connectivity index (χ3n) is 7.07. The monoisotopic (exact) mass is 652 g/mol. The van der Waals surface area contributed by atoms with Crippen LogP contribution in [0, 0.1) is 0 Å². The number of tetrazole rings is 1. The van der Waals surface area contributed by atoms with Crippen molar-refractivity contribution in [2.75, 3.05) is 25.2 Å². The fourth-order valence-corrected chi connectivity index (χ4v) is 7.35. The Kier molecular flexibility index (Phi) is 10.1. The molecule has 0 spiro atoms. The quantitative estimate of drug-likeness (QED) is 0.0230. The molecule has 0 radical (unpaired) electrons. The van der Waals surface area contributed by atoms with Gasteiger partial charge in [0.05, 0.1) is 6.04 Å². The molecule has 44 heavy (non-hydrogen) atoms. The Balaban J connectivity index is 1.33. The summed E-state index contributed by atoms with van der Waals surface area (Å²) in [5, 5.41) is 36.3. The topological polar surface area (TPSA) is 270 Å². The Hall–Kier alpha value is -4.17. The molecule has 0 saturated carbocycles. The Bertz CT molecular complexity index is 1460. The Morgan fingerprint density at radius 1 is 1.27 bits per heavy atom. The zero-order chi connectivity index (χ0) is 32.2. The highest BCUT2D eigenvalue weighted by molar-refractivity contribution is 8.01. The number of fused-ring (bicyclic) bond motifs is 1. The van der Waals surface area contributed by atoms with Crippen LogP contribution in [-0.4, -0.2) is 113 Å². The molecule has 3 amide bonds. The minimum Gasteiger partial charge on any atom is -0.509 e. The second-order valence-electron chi connectivity index (χ2n) is 9.97. The van der Waals surface area contributed by atoms with E-state index in [9.17, 15) is 34.2 Å². The normalized spacial score (nSPS) is 22.8. The van der Waals surface area contributed by atoms with E-state index in [1.807, 2.05) is 0 Å². The van der Waals surface area contributed by atoms with Crippen LogP contribution >= 0.6 is 23.5 Å². The van der Waals surface area contributed by atoms with Crippen molar-refractivity contribution in [1.29, 1.82) is 0 Å². The maximum atomic E-state index is 13.3. The van der Waals surface area contributed by atoms with E-state index in [-0.39, 0.29) is 53.8 Å². The van der Waals surface area contributed by atoms with Crippen LogP contribution in [0.5, 0.6) is 0 Å². The predicted octanol–water partition coefficient (Wildman–Crippen LogP) is -1.88. The maximum absolute atomic E-state index is 13.3. The third-order valence-corrected chi connectivity index (χ3v) is 9.54. The SMILES string of the molecule is CO[C@@]1(NC(=O)CCCC(=O)C2=C(O)[C@@H](CCCN=C(N)N)NC2=O)C(=O)N2C(C(=O)O)=C(CSc3nnnn3C)CS[C@@H]21. The molecule has 4 rings (SSSR count). The lowest BCUT2D eigenvalue weighted by molar-refractivity contribution is -0.192. The van der Waals surface area contributed by atoms with Crippen LogP contribution in [0.15, 0.2) is 32.8 Å². The number of aromatic nitrogens is 4. The highest BCUT2D eigenvalue weighted by Gasteiger charge is 2.66. The van der Waals surface area contributed by atoms with E-state index in [0.717, 1.165) is 4.90 Å². The zero-order valence-corrected chi connectivity index (χ0v) is 25.4. The number of aliphatic hydroxyl groups excluding tert-OH is 1. The molecule has 238 valence electrons. The number of aliphatic hydroxyl groups is 1. The van der Waals surface area contributed by atoms with Gasteiger partial charge in [-0.05, 0) is 35.3 Å². The number of β-lactam (4-membered cyclic amide) rings is 1. The van der Waals surface area contributed by atoms with E-state index in [0.29, 0.717) is 30.1 Å². The number of carbonyl (C=O) groups excluding carboxylic acids is 4. The number of ether oxygens (including phenoxy) is 1. The summed E-state index contributed by atoms with van der Waals surface area (Å²) in [4.78, 5) is 68.3. The van der Waals surface area contributed by atoms with Gasteiger partial charge in [-0.2, -0.15) is 0 Å². The van der Waals surface area contributed by atoms with E-state index in [1.54, 1.807) is 7.05 Å². The van der Waals surface area contributed by atoms with Crippen LogP contribution in [0.3, 0.4) is 0 Å². The number of carboxylic acids is 1. The first-order valence-electron chi connectivity index (χ1n) is 13.4. The van der Waals surface area contributed by atoms with Crippen molar-refractivity contribution in [3.63, 3.8) is 0 Å². The average molecular weight is 653 g/mol. The molecule has 1 fully saturated rings. The molecule has 3 atom stereocenters. The number of aliphatic imine (C=N–C) groups is 1. The molecule has 3 aliphatic rings.